The van der Waals surface area contributed by atoms with E-state index in [9.17, 15) is 0 Å². The van der Waals surface area contributed by atoms with Gasteiger partial charge in [-0.25, -0.2) is 0 Å². The van der Waals surface area contributed by atoms with Crippen LogP contribution in [-0.2, 0) is 0 Å². The van der Waals surface area contributed by atoms with Crippen molar-refractivity contribution in [2.24, 2.45) is 0 Å². The van der Waals surface area contributed by atoms with Crippen molar-refractivity contribution < 1.29 is 4.74 Å². The van der Waals surface area contributed by atoms with Crippen molar-refractivity contribution >= 4 is 0 Å². The van der Waals surface area contributed by atoms with Crippen LogP contribution < -0.4 is 4.74 Å². The highest BCUT2D eigenvalue weighted by Crippen LogP contribution is 2.14. The van der Waals surface area contributed by atoms with E-state index in [-0.39, 0.29) is 6.10 Å². The van der Waals surface area contributed by atoms with Crippen LogP contribution in [0.3, 0.4) is 0 Å². The Hall–Kier alpha value is -1.76. The van der Waals surface area contributed by atoms with E-state index in [1.165, 1.54) is 5.56 Å². The van der Waals surface area contributed by atoms with Crippen LogP contribution in [-0.4, -0.2) is 6.10 Å². The predicted octanol–water partition coefficient (Wildman–Crippen LogP) is 3.71. The average molecular weight is 211 g/mol. The second-order valence-corrected chi connectivity index (χ2v) is 3.71. The summed E-state index contributed by atoms with van der Waals surface area (Å²) in [5.74, 6) is 0.905. The van der Waals surface area contributed by atoms with Crippen molar-refractivity contribution in [2.45, 2.75) is 13.0 Å². The molecule has 0 N–H and O–H groups in total. The summed E-state index contributed by atoms with van der Waals surface area (Å²) in [6.45, 7) is 2.04. The zero-order chi connectivity index (χ0) is 11.2. The minimum absolute atomic E-state index is 0.0739. The summed E-state index contributed by atoms with van der Waals surface area (Å²) < 4.78 is 5.76. The van der Waals surface area contributed by atoms with Crippen LogP contribution in [0.5, 0.6) is 5.75 Å². The van der Waals surface area contributed by atoms with E-state index in [4.69, 9.17) is 4.74 Å². The van der Waals surface area contributed by atoms with Crippen molar-refractivity contribution in [1.82, 2.24) is 0 Å². The molecule has 0 fully saturated rings. The molecule has 1 heteroatoms. The number of ether oxygens (including phenoxy) is 1. The van der Waals surface area contributed by atoms with Crippen molar-refractivity contribution in [1.29, 1.82) is 0 Å². The first-order valence-electron chi connectivity index (χ1n) is 5.46. The standard InChI is InChI=1S/C15H15O/c1-13(12-14-8-4-2-5-9-14)16-15-10-6-3-7-11-15/h2-13H,1H3. The van der Waals surface area contributed by atoms with Crippen LogP contribution in [0.1, 0.15) is 12.5 Å². The molecule has 2 rings (SSSR count). The normalized spacial score (nSPS) is 12.1. The van der Waals surface area contributed by atoms with Gasteiger partial charge in [0.15, 0.2) is 0 Å². The summed E-state index contributed by atoms with van der Waals surface area (Å²) in [6.07, 6.45) is 2.18. The SMILES string of the molecule is CC([CH]c1ccccc1)Oc1ccccc1. The fraction of sp³-hybridized carbons (Fsp3) is 0.133. The van der Waals surface area contributed by atoms with Crippen LogP contribution in [0.4, 0.5) is 0 Å². The number of hydrogen-bond donors (Lipinski definition) is 0. The van der Waals surface area contributed by atoms with Crippen molar-refractivity contribution in [3.63, 3.8) is 0 Å². The van der Waals surface area contributed by atoms with Crippen LogP contribution in [0, 0.1) is 6.42 Å². The molecule has 0 aliphatic carbocycles. The van der Waals surface area contributed by atoms with E-state index in [2.05, 4.69) is 18.6 Å². The van der Waals surface area contributed by atoms with E-state index in [0.29, 0.717) is 0 Å². The lowest BCUT2D eigenvalue weighted by atomic mass is 10.1. The molecule has 0 aliphatic rings. The Balaban J connectivity index is 1.92. The highest BCUT2D eigenvalue weighted by molar-refractivity contribution is 5.26. The maximum absolute atomic E-state index is 5.76. The molecule has 81 valence electrons. The fourth-order valence-electron chi connectivity index (χ4n) is 1.58. The Morgan fingerprint density at radius 1 is 0.875 bits per heavy atom. The fourth-order valence-corrected chi connectivity index (χ4v) is 1.58. The molecule has 0 aliphatic heterocycles. The molecule has 0 saturated heterocycles. The third-order valence-electron chi connectivity index (χ3n) is 2.29. The van der Waals surface area contributed by atoms with Gasteiger partial charge in [0.1, 0.15) is 11.9 Å². The summed E-state index contributed by atoms with van der Waals surface area (Å²) in [7, 11) is 0. The molecule has 16 heavy (non-hydrogen) atoms. The predicted molar refractivity (Wildman–Crippen MR) is 66.4 cm³/mol. The molecule has 0 aromatic heterocycles. The van der Waals surface area contributed by atoms with E-state index in [0.717, 1.165) is 5.75 Å². The highest BCUT2D eigenvalue weighted by Gasteiger charge is 2.04. The number of hydrogen-bond acceptors (Lipinski definition) is 1. The first kappa shape index (κ1) is 10.7. The van der Waals surface area contributed by atoms with Gasteiger partial charge in [-0.15, -0.1) is 0 Å². The van der Waals surface area contributed by atoms with Crippen molar-refractivity contribution in [3.8, 4) is 5.75 Å². The van der Waals surface area contributed by atoms with Crippen LogP contribution in [0.15, 0.2) is 60.7 Å². The van der Waals surface area contributed by atoms with Gasteiger partial charge in [-0.05, 0) is 24.6 Å². The van der Waals surface area contributed by atoms with E-state index < -0.39 is 0 Å². The Kier molecular flexibility index (Phi) is 3.60. The Morgan fingerprint density at radius 3 is 2.06 bits per heavy atom. The first-order chi connectivity index (χ1) is 7.84. The molecule has 2 aromatic carbocycles. The summed E-state index contributed by atoms with van der Waals surface area (Å²) >= 11 is 0. The van der Waals surface area contributed by atoms with Crippen molar-refractivity contribution in [2.75, 3.05) is 0 Å². The highest BCUT2D eigenvalue weighted by atomic mass is 16.5. The third-order valence-corrected chi connectivity index (χ3v) is 2.29. The average Bonchev–Trinajstić information content (AvgIpc) is 2.31. The zero-order valence-electron chi connectivity index (χ0n) is 9.34. The topological polar surface area (TPSA) is 9.23 Å². The molecule has 1 atom stereocenters. The maximum Gasteiger partial charge on any atom is 0.119 e. The minimum atomic E-state index is 0.0739. The molecule has 0 bridgehead atoms. The molecule has 0 heterocycles. The Morgan fingerprint density at radius 2 is 1.44 bits per heavy atom. The molecule has 0 spiro atoms. The molecule has 2 aromatic rings. The van der Waals surface area contributed by atoms with Gasteiger partial charge < -0.3 is 4.74 Å². The monoisotopic (exact) mass is 211 g/mol. The molecule has 0 saturated carbocycles. The van der Waals surface area contributed by atoms with Crippen LogP contribution in [0.2, 0.25) is 0 Å². The van der Waals surface area contributed by atoms with Gasteiger partial charge in [0.25, 0.3) is 0 Å². The number of benzene rings is 2. The Bertz CT molecular complexity index is 366. The van der Waals surface area contributed by atoms with E-state index in [1.807, 2.05) is 55.5 Å². The maximum atomic E-state index is 5.76. The number of para-hydroxylation sites is 1. The summed E-state index contributed by atoms with van der Waals surface area (Å²) in [5, 5.41) is 0. The van der Waals surface area contributed by atoms with Gasteiger partial charge in [-0.3, -0.25) is 0 Å². The summed E-state index contributed by atoms with van der Waals surface area (Å²) in [6, 6.07) is 20.1. The first-order valence-corrected chi connectivity index (χ1v) is 5.46. The van der Waals surface area contributed by atoms with Crippen LogP contribution >= 0.6 is 0 Å². The van der Waals surface area contributed by atoms with E-state index in [1.54, 1.807) is 0 Å². The van der Waals surface area contributed by atoms with Gasteiger partial charge in [0.2, 0.25) is 0 Å². The third kappa shape index (κ3) is 3.13. The zero-order valence-corrected chi connectivity index (χ0v) is 9.34. The molecular weight excluding hydrogens is 196 g/mol. The lowest BCUT2D eigenvalue weighted by Gasteiger charge is -2.14. The molecule has 1 nitrogen and oxygen atoms in total. The van der Waals surface area contributed by atoms with Gasteiger partial charge in [-0.1, -0.05) is 48.5 Å². The van der Waals surface area contributed by atoms with Crippen LogP contribution in [0.25, 0.3) is 0 Å². The van der Waals surface area contributed by atoms with Gasteiger partial charge >= 0.3 is 0 Å². The Labute approximate surface area is 96.7 Å². The quantitative estimate of drug-likeness (QED) is 0.749. The lowest BCUT2D eigenvalue weighted by Crippen LogP contribution is -2.12. The van der Waals surface area contributed by atoms with Gasteiger partial charge in [-0.2, -0.15) is 0 Å². The smallest absolute Gasteiger partial charge is 0.119 e. The molecule has 0 amide bonds. The molecule has 1 radical (unpaired) electrons. The number of rotatable bonds is 4. The van der Waals surface area contributed by atoms with Gasteiger partial charge in [0, 0.05) is 6.42 Å². The summed E-state index contributed by atoms with van der Waals surface area (Å²) in [4.78, 5) is 0. The molecular formula is C15H15O. The minimum Gasteiger partial charge on any atom is -0.490 e. The second kappa shape index (κ2) is 5.36. The lowest BCUT2D eigenvalue weighted by molar-refractivity contribution is 0.257. The van der Waals surface area contributed by atoms with Crippen molar-refractivity contribution in [3.05, 3.63) is 72.6 Å². The van der Waals surface area contributed by atoms with E-state index >= 15 is 0 Å². The van der Waals surface area contributed by atoms with Gasteiger partial charge in [0.05, 0.1) is 0 Å². The summed E-state index contributed by atoms with van der Waals surface area (Å²) in [5.41, 5.74) is 1.19. The largest absolute Gasteiger partial charge is 0.490 e. The molecule has 1 unspecified atom stereocenters. The second-order valence-electron chi connectivity index (χ2n) is 3.71.